The molecule has 2 atom stereocenters. The van der Waals surface area contributed by atoms with Gasteiger partial charge in [-0.3, -0.25) is 4.79 Å². The molecule has 1 amide bonds. The number of halogens is 2. The minimum atomic E-state index is 0.144. The molecular weight excluding hydrogens is 360 g/mol. The maximum Gasteiger partial charge on any atom is 0.255 e. The van der Waals surface area contributed by atoms with Crippen LogP contribution in [0.1, 0.15) is 16.8 Å². The van der Waals surface area contributed by atoms with Gasteiger partial charge in [-0.2, -0.15) is 0 Å². The molecule has 1 N–H and O–H groups in total. The molecule has 0 saturated carbocycles. The number of hydrogen-bond acceptors (Lipinski definition) is 2. The number of likely N-dealkylation sites (tertiary alicyclic amines) is 1. The maximum absolute atomic E-state index is 12.6. The molecule has 2 aliphatic rings. The van der Waals surface area contributed by atoms with Gasteiger partial charge >= 0.3 is 0 Å². The zero-order valence-electron chi connectivity index (χ0n) is 9.83. The second kappa shape index (κ2) is 4.94. The molecule has 1 aromatic rings. The van der Waals surface area contributed by atoms with Crippen molar-refractivity contribution in [1.29, 1.82) is 0 Å². The lowest BCUT2D eigenvalue weighted by Crippen LogP contribution is -2.39. The van der Waals surface area contributed by atoms with Gasteiger partial charge in [0.25, 0.3) is 5.91 Å². The fraction of sp³-hybridized carbons (Fsp3) is 0.462. The van der Waals surface area contributed by atoms with Crippen LogP contribution in [0, 0.1) is 5.92 Å². The predicted molar refractivity (Wildman–Crippen MR) is 77.6 cm³/mol. The number of benzene rings is 1. The van der Waals surface area contributed by atoms with E-state index < -0.39 is 0 Å². The second-order valence-corrected chi connectivity index (χ2v) is 6.67. The van der Waals surface area contributed by atoms with E-state index in [1.54, 1.807) is 0 Å². The summed E-state index contributed by atoms with van der Waals surface area (Å²) in [5.41, 5.74) is 0.755. The monoisotopic (exact) mass is 372 g/mol. The van der Waals surface area contributed by atoms with E-state index in [0.29, 0.717) is 12.0 Å². The first-order valence-corrected chi connectivity index (χ1v) is 7.72. The van der Waals surface area contributed by atoms with Gasteiger partial charge < -0.3 is 10.2 Å². The van der Waals surface area contributed by atoms with Crippen LogP contribution >= 0.6 is 31.9 Å². The van der Waals surface area contributed by atoms with Gasteiger partial charge in [-0.25, -0.2) is 0 Å². The van der Waals surface area contributed by atoms with Gasteiger partial charge in [0.05, 0.1) is 5.56 Å². The Morgan fingerprint density at radius 1 is 1.33 bits per heavy atom. The summed E-state index contributed by atoms with van der Waals surface area (Å²) < 4.78 is 1.84. The molecule has 2 aliphatic heterocycles. The smallest absolute Gasteiger partial charge is 0.255 e. The van der Waals surface area contributed by atoms with Crippen LogP contribution in [0.3, 0.4) is 0 Å². The number of nitrogens with zero attached hydrogens (tertiary/aromatic N) is 1. The van der Waals surface area contributed by atoms with Crippen LogP contribution in [-0.2, 0) is 0 Å². The van der Waals surface area contributed by atoms with Crippen molar-refractivity contribution in [2.45, 2.75) is 12.5 Å². The van der Waals surface area contributed by atoms with Gasteiger partial charge in [0, 0.05) is 34.6 Å². The van der Waals surface area contributed by atoms with Crippen molar-refractivity contribution in [3.63, 3.8) is 0 Å². The van der Waals surface area contributed by atoms with Gasteiger partial charge in [0.1, 0.15) is 0 Å². The van der Waals surface area contributed by atoms with Crippen molar-refractivity contribution in [3.8, 4) is 0 Å². The lowest BCUT2D eigenvalue weighted by atomic mass is 10.0. The summed E-state index contributed by atoms with van der Waals surface area (Å²) in [4.78, 5) is 14.6. The Kier molecular flexibility index (Phi) is 3.47. The minimum absolute atomic E-state index is 0.144. The van der Waals surface area contributed by atoms with Crippen LogP contribution in [0.2, 0.25) is 0 Å². The fourth-order valence-corrected chi connectivity index (χ4v) is 4.14. The summed E-state index contributed by atoms with van der Waals surface area (Å²) in [5, 5.41) is 3.37. The Morgan fingerprint density at radius 2 is 2.17 bits per heavy atom. The molecule has 0 unspecified atom stereocenters. The topological polar surface area (TPSA) is 32.3 Å². The molecule has 2 heterocycles. The molecule has 2 saturated heterocycles. The fourth-order valence-electron chi connectivity index (χ4n) is 2.92. The van der Waals surface area contributed by atoms with Crippen molar-refractivity contribution in [2.75, 3.05) is 19.6 Å². The normalized spacial score (nSPS) is 26.4. The largest absolute Gasteiger partial charge is 0.334 e. The van der Waals surface area contributed by atoms with Gasteiger partial charge in [-0.05, 0) is 46.5 Å². The van der Waals surface area contributed by atoms with Crippen molar-refractivity contribution in [3.05, 3.63) is 32.7 Å². The summed E-state index contributed by atoms with van der Waals surface area (Å²) in [7, 11) is 0. The molecule has 2 fully saturated rings. The summed E-state index contributed by atoms with van der Waals surface area (Å²) in [6.45, 7) is 2.87. The maximum atomic E-state index is 12.6. The van der Waals surface area contributed by atoms with Crippen LogP contribution in [0.4, 0.5) is 0 Å². The van der Waals surface area contributed by atoms with Crippen molar-refractivity contribution >= 4 is 37.8 Å². The Hall–Kier alpha value is -0.390. The molecule has 0 aliphatic carbocycles. The molecule has 18 heavy (non-hydrogen) atoms. The van der Waals surface area contributed by atoms with Gasteiger partial charge in [-0.1, -0.05) is 15.9 Å². The average molecular weight is 374 g/mol. The molecular formula is C13H14Br2N2O. The highest BCUT2D eigenvalue weighted by Crippen LogP contribution is 2.30. The highest BCUT2D eigenvalue weighted by atomic mass is 79.9. The molecule has 0 radical (unpaired) electrons. The number of nitrogens with one attached hydrogen (secondary N) is 1. The number of carbonyl (C=O) groups excluding carboxylic acids is 1. The van der Waals surface area contributed by atoms with E-state index in [4.69, 9.17) is 0 Å². The van der Waals surface area contributed by atoms with Crippen LogP contribution < -0.4 is 5.32 Å². The third-order valence-electron chi connectivity index (χ3n) is 3.87. The molecule has 5 heteroatoms. The first-order chi connectivity index (χ1) is 8.66. The van der Waals surface area contributed by atoms with Crippen molar-refractivity contribution in [1.82, 2.24) is 10.2 Å². The summed E-state index contributed by atoms with van der Waals surface area (Å²) >= 11 is 6.88. The van der Waals surface area contributed by atoms with E-state index in [-0.39, 0.29) is 5.91 Å². The third-order valence-corrected chi connectivity index (χ3v) is 5.02. The molecule has 3 nitrogen and oxygen atoms in total. The first kappa shape index (κ1) is 12.6. The molecule has 96 valence electrons. The van der Waals surface area contributed by atoms with Gasteiger partial charge in [0.15, 0.2) is 0 Å². The Balaban J connectivity index is 1.86. The Labute approximate surface area is 123 Å². The van der Waals surface area contributed by atoms with Crippen LogP contribution in [0.15, 0.2) is 27.1 Å². The lowest BCUT2D eigenvalue weighted by molar-refractivity contribution is 0.0736. The summed E-state index contributed by atoms with van der Waals surface area (Å²) in [6, 6.07) is 6.10. The SMILES string of the molecule is O=C(c1ccc(Br)cc1Br)N1CC[C@H]2CNC[C@H]21. The molecule has 0 aromatic heterocycles. The number of rotatable bonds is 1. The number of hydrogen-bond donors (Lipinski definition) is 1. The van der Waals surface area contributed by atoms with Crippen molar-refractivity contribution < 1.29 is 4.79 Å². The Morgan fingerprint density at radius 3 is 2.94 bits per heavy atom. The number of carbonyl (C=O) groups is 1. The summed E-state index contributed by atoms with van der Waals surface area (Å²) in [6.07, 6.45) is 1.12. The number of amides is 1. The highest BCUT2D eigenvalue weighted by Gasteiger charge is 2.40. The third kappa shape index (κ3) is 2.12. The first-order valence-electron chi connectivity index (χ1n) is 6.13. The lowest BCUT2D eigenvalue weighted by Gasteiger charge is -2.24. The molecule has 0 spiro atoms. The average Bonchev–Trinajstić information content (AvgIpc) is 2.89. The van der Waals surface area contributed by atoms with E-state index in [2.05, 4.69) is 37.2 Å². The predicted octanol–water partition coefficient (Wildman–Crippen LogP) is 2.65. The van der Waals surface area contributed by atoms with Gasteiger partial charge in [0.2, 0.25) is 0 Å². The molecule has 3 rings (SSSR count). The van der Waals surface area contributed by atoms with E-state index >= 15 is 0 Å². The highest BCUT2D eigenvalue weighted by molar-refractivity contribution is 9.11. The Bertz CT molecular complexity index is 492. The summed E-state index contributed by atoms with van der Waals surface area (Å²) in [5.74, 6) is 0.786. The molecule has 1 aromatic carbocycles. The van der Waals surface area contributed by atoms with E-state index in [1.807, 2.05) is 23.1 Å². The van der Waals surface area contributed by atoms with Gasteiger partial charge in [-0.15, -0.1) is 0 Å². The van der Waals surface area contributed by atoms with E-state index in [0.717, 1.165) is 40.6 Å². The molecule has 0 bridgehead atoms. The zero-order chi connectivity index (χ0) is 12.7. The van der Waals surface area contributed by atoms with E-state index in [9.17, 15) is 4.79 Å². The van der Waals surface area contributed by atoms with Crippen LogP contribution in [0.5, 0.6) is 0 Å². The quantitative estimate of drug-likeness (QED) is 0.820. The van der Waals surface area contributed by atoms with Crippen LogP contribution in [0.25, 0.3) is 0 Å². The second-order valence-electron chi connectivity index (χ2n) is 4.90. The zero-order valence-corrected chi connectivity index (χ0v) is 13.0. The minimum Gasteiger partial charge on any atom is -0.334 e. The standard InChI is InChI=1S/C13H14Br2N2O/c14-9-1-2-10(11(15)5-9)13(18)17-4-3-8-6-16-7-12(8)17/h1-2,5,8,12,16H,3-4,6-7H2/t8-,12+/m0/s1. The van der Waals surface area contributed by atoms with Crippen molar-refractivity contribution in [2.24, 2.45) is 5.92 Å². The van der Waals surface area contributed by atoms with Crippen LogP contribution in [-0.4, -0.2) is 36.5 Å². The van der Waals surface area contributed by atoms with E-state index in [1.165, 1.54) is 0 Å². The number of fused-ring (bicyclic) bond motifs is 1.